The largest absolute Gasteiger partial charge is 0.368 e. The zero-order valence-electron chi connectivity index (χ0n) is 14.6. The molecule has 0 N–H and O–H groups in total. The molecule has 0 unspecified atom stereocenters. The highest BCUT2D eigenvalue weighted by atomic mass is 19.1. The Labute approximate surface area is 144 Å². The van der Waals surface area contributed by atoms with Gasteiger partial charge in [-0.15, -0.1) is 0 Å². The summed E-state index contributed by atoms with van der Waals surface area (Å²) in [7, 11) is 0. The molecule has 0 saturated carbocycles. The molecule has 3 rings (SSSR count). The monoisotopic (exact) mass is 333 g/mol. The number of likely N-dealkylation sites (tertiary alicyclic amines) is 1. The zero-order chi connectivity index (χ0) is 16.9. The van der Waals surface area contributed by atoms with E-state index in [1.54, 1.807) is 0 Å². The predicted octanol–water partition coefficient (Wildman–Crippen LogP) is 2.60. The summed E-state index contributed by atoms with van der Waals surface area (Å²) in [6.45, 7) is 8.62. The van der Waals surface area contributed by atoms with Crippen LogP contribution in [0.1, 0.15) is 26.2 Å². The third-order valence-corrected chi connectivity index (χ3v) is 5.34. The van der Waals surface area contributed by atoms with Crippen molar-refractivity contribution in [2.24, 2.45) is 5.92 Å². The Hall–Kier alpha value is -1.62. The van der Waals surface area contributed by atoms with Crippen LogP contribution < -0.4 is 4.90 Å². The molecule has 1 aromatic carbocycles. The van der Waals surface area contributed by atoms with Crippen LogP contribution in [0.4, 0.5) is 10.1 Å². The van der Waals surface area contributed by atoms with Crippen molar-refractivity contribution < 1.29 is 9.18 Å². The molecular formula is C19H28FN3O. The van der Waals surface area contributed by atoms with Gasteiger partial charge in [-0.2, -0.15) is 0 Å². The number of amides is 1. The lowest BCUT2D eigenvalue weighted by Gasteiger charge is -2.37. The van der Waals surface area contributed by atoms with Gasteiger partial charge in [0, 0.05) is 44.8 Å². The van der Waals surface area contributed by atoms with Gasteiger partial charge in [-0.05, 0) is 56.1 Å². The summed E-state index contributed by atoms with van der Waals surface area (Å²) in [6, 6.07) is 6.60. The van der Waals surface area contributed by atoms with Crippen LogP contribution in [0.15, 0.2) is 24.3 Å². The van der Waals surface area contributed by atoms with Crippen molar-refractivity contribution >= 4 is 11.6 Å². The molecule has 1 amide bonds. The number of benzene rings is 1. The first-order chi connectivity index (χ1) is 11.6. The number of halogens is 1. The highest BCUT2D eigenvalue weighted by Crippen LogP contribution is 2.18. The maximum atomic E-state index is 13.0. The molecule has 4 nitrogen and oxygen atoms in total. The Morgan fingerprint density at radius 1 is 1.04 bits per heavy atom. The summed E-state index contributed by atoms with van der Waals surface area (Å²) in [5.41, 5.74) is 1.03. The van der Waals surface area contributed by atoms with Crippen LogP contribution in [0.2, 0.25) is 0 Å². The van der Waals surface area contributed by atoms with Gasteiger partial charge in [-0.3, -0.25) is 4.79 Å². The molecule has 24 heavy (non-hydrogen) atoms. The highest BCUT2D eigenvalue weighted by molar-refractivity contribution is 5.76. The van der Waals surface area contributed by atoms with E-state index in [4.69, 9.17) is 0 Å². The first kappa shape index (κ1) is 17.2. The molecule has 1 aromatic rings. The normalized spacial score (nSPS) is 20.4. The first-order valence-electron chi connectivity index (χ1n) is 9.12. The summed E-state index contributed by atoms with van der Waals surface area (Å²) in [4.78, 5) is 19.0. The second-order valence-corrected chi connectivity index (χ2v) is 7.12. The molecule has 2 saturated heterocycles. The molecular weight excluding hydrogens is 305 g/mol. The molecule has 0 aromatic heterocycles. The molecule has 132 valence electrons. The van der Waals surface area contributed by atoms with Crippen molar-refractivity contribution in [3.8, 4) is 0 Å². The minimum absolute atomic E-state index is 0.209. The summed E-state index contributed by atoms with van der Waals surface area (Å²) in [5, 5.41) is 0. The molecule has 0 radical (unpaired) electrons. The van der Waals surface area contributed by atoms with Gasteiger partial charge < -0.3 is 14.7 Å². The molecule has 2 heterocycles. The number of carbonyl (C=O) groups excluding carboxylic acids is 1. The standard InChI is InChI=1S/C19H28FN3O/c1-16-6-9-21(10-7-16)11-8-19(24)23-14-12-22(13-15-23)18-4-2-17(20)3-5-18/h2-5,16H,6-15H2,1H3. The van der Waals surface area contributed by atoms with E-state index in [1.165, 1.54) is 25.0 Å². The predicted molar refractivity (Wildman–Crippen MR) is 94.6 cm³/mol. The van der Waals surface area contributed by atoms with Crippen molar-refractivity contribution in [3.05, 3.63) is 30.1 Å². The summed E-state index contributed by atoms with van der Waals surface area (Å²) in [6.07, 6.45) is 3.14. The van der Waals surface area contributed by atoms with Crippen molar-refractivity contribution in [1.82, 2.24) is 9.80 Å². The van der Waals surface area contributed by atoms with Gasteiger partial charge in [0.25, 0.3) is 0 Å². The molecule has 2 fully saturated rings. The quantitative estimate of drug-likeness (QED) is 0.847. The Morgan fingerprint density at radius 2 is 1.67 bits per heavy atom. The van der Waals surface area contributed by atoms with Crippen LogP contribution in [0, 0.1) is 11.7 Å². The summed E-state index contributed by atoms with van der Waals surface area (Å²) >= 11 is 0. The van der Waals surface area contributed by atoms with Crippen molar-refractivity contribution in [3.63, 3.8) is 0 Å². The zero-order valence-corrected chi connectivity index (χ0v) is 14.6. The third-order valence-electron chi connectivity index (χ3n) is 5.34. The second kappa shape index (κ2) is 7.97. The van der Waals surface area contributed by atoms with Crippen LogP contribution >= 0.6 is 0 Å². The molecule has 5 heteroatoms. The van der Waals surface area contributed by atoms with Gasteiger partial charge >= 0.3 is 0 Å². The number of hydrogen-bond donors (Lipinski definition) is 0. The number of carbonyl (C=O) groups is 1. The van der Waals surface area contributed by atoms with Gasteiger partial charge in [-0.25, -0.2) is 4.39 Å². The van der Waals surface area contributed by atoms with Gasteiger partial charge in [0.15, 0.2) is 0 Å². The first-order valence-corrected chi connectivity index (χ1v) is 9.12. The highest BCUT2D eigenvalue weighted by Gasteiger charge is 2.22. The number of piperidine rings is 1. The van der Waals surface area contributed by atoms with E-state index in [2.05, 4.69) is 16.7 Å². The van der Waals surface area contributed by atoms with Crippen LogP contribution in [0.3, 0.4) is 0 Å². The number of piperazine rings is 1. The smallest absolute Gasteiger partial charge is 0.223 e. The molecule has 0 atom stereocenters. The van der Waals surface area contributed by atoms with Crippen molar-refractivity contribution in [2.45, 2.75) is 26.2 Å². The van der Waals surface area contributed by atoms with Gasteiger partial charge in [0.05, 0.1) is 0 Å². The fourth-order valence-corrected chi connectivity index (χ4v) is 3.56. The number of anilines is 1. The third kappa shape index (κ3) is 4.47. The van der Waals surface area contributed by atoms with Gasteiger partial charge in [0.2, 0.25) is 5.91 Å². The van der Waals surface area contributed by atoms with Crippen molar-refractivity contribution in [1.29, 1.82) is 0 Å². The summed E-state index contributed by atoms with van der Waals surface area (Å²) in [5.74, 6) is 0.892. The molecule has 2 aliphatic rings. The molecule has 0 bridgehead atoms. The van der Waals surface area contributed by atoms with E-state index in [9.17, 15) is 9.18 Å². The Morgan fingerprint density at radius 3 is 2.29 bits per heavy atom. The van der Waals surface area contributed by atoms with Crippen molar-refractivity contribution in [2.75, 3.05) is 50.7 Å². The van der Waals surface area contributed by atoms with E-state index in [0.717, 1.165) is 57.4 Å². The SMILES string of the molecule is CC1CCN(CCC(=O)N2CCN(c3ccc(F)cc3)CC2)CC1. The summed E-state index contributed by atoms with van der Waals surface area (Å²) < 4.78 is 13.0. The molecule has 2 aliphatic heterocycles. The maximum Gasteiger partial charge on any atom is 0.223 e. The van der Waals surface area contributed by atoms with Crippen LogP contribution in [-0.4, -0.2) is 61.5 Å². The fraction of sp³-hybridized carbons (Fsp3) is 0.632. The average Bonchev–Trinajstić information content (AvgIpc) is 2.62. The van der Waals surface area contributed by atoms with Gasteiger partial charge in [0.1, 0.15) is 5.82 Å². The Balaban J connectivity index is 1.41. The lowest BCUT2D eigenvalue weighted by molar-refractivity contribution is -0.131. The Bertz CT molecular complexity index is 532. The fourth-order valence-electron chi connectivity index (χ4n) is 3.56. The van der Waals surface area contributed by atoms with E-state index in [0.29, 0.717) is 6.42 Å². The van der Waals surface area contributed by atoms with E-state index in [-0.39, 0.29) is 11.7 Å². The number of nitrogens with zero attached hydrogens (tertiary/aromatic N) is 3. The number of hydrogen-bond acceptors (Lipinski definition) is 3. The van der Waals surface area contributed by atoms with E-state index < -0.39 is 0 Å². The van der Waals surface area contributed by atoms with E-state index >= 15 is 0 Å². The second-order valence-electron chi connectivity index (χ2n) is 7.12. The maximum absolute atomic E-state index is 13.0. The van der Waals surface area contributed by atoms with Crippen LogP contribution in [0.5, 0.6) is 0 Å². The average molecular weight is 333 g/mol. The number of rotatable bonds is 4. The van der Waals surface area contributed by atoms with Crippen LogP contribution in [-0.2, 0) is 4.79 Å². The van der Waals surface area contributed by atoms with Crippen LogP contribution in [0.25, 0.3) is 0 Å². The minimum atomic E-state index is -0.209. The Kier molecular flexibility index (Phi) is 5.72. The van der Waals surface area contributed by atoms with E-state index in [1.807, 2.05) is 17.0 Å². The van der Waals surface area contributed by atoms with Gasteiger partial charge in [-0.1, -0.05) is 6.92 Å². The lowest BCUT2D eigenvalue weighted by atomic mass is 9.99. The minimum Gasteiger partial charge on any atom is -0.368 e. The lowest BCUT2D eigenvalue weighted by Crippen LogP contribution is -2.49. The molecule has 0 aliphatic carbocycles. The topological polar surface area (TPSA) is 26.8 Å². The molecule has 0 spiro atoms.